The molecule has 2 rings (SSSR count). The maximum Gasteiger partial charge on any atom is 0.260 e. The van der Waals surface area contributed by atoms with Crippen LogP contribution in [0.3, 0.4) is 0 Å². The van der Waals surface area contributed by atoms with Crippen LogP contribution in [0.2, 0.25) is 0 Å². The van der Waals surface area contributed by atoms with E-state index >= 15 is 0 Å². The predicted molar refractivity (Wildman–Crippen MR) is 77.5 cm³/mol. The van der Waals surface area contributed by atoms with Crippen molar-refractivity contribution in [3.8, 4) is 5.75 Å². The minimum Gasteiger partial charge on any atom is -0.484 e. The van der Waals surface area contributed by atoms with Crippen LogP contribution in [-0.4, -0.2) is 36.0 Å². The lowest BCUT2D eigenvalue weighted by Crippen LogP contribution is -2.33. The number of aromatic nitrogens is 1. The Morgan fingerprint density at radius 1 is 1.15 bits per heavy atom. The summed E-state index contributed by atoms with van der Waals surface area (Å²) in [6.45, 7) is 0.734. The lowest BCUT2D eigenvalue weighted by Gasteiger charge is -2.17. The van der Waals surface area contributed by atoms with Crippen molar-refractivity contribution in [3.05, 3.63) is 60.4 Å². The second-order valence-corrected chi connectivity index (χ2v) is 4.52. The first-order valence-corrected chi connectivity index (χ1v) is 6.56. The van der Waals surface area contributed by atoms with Crippen molar-refractivity contribution < 1.29 is 9.53 Å². The van der Waals surface area contributed by atoms with Crippen molar-refractivity contribution in [3.63, 3.8) is 0 Å². The summed E-state index contributed by atoms with van der Waals surface area (Å²) in [6, 6.07) is 13.3. The lowest BCUT2D eigenvalue weighted by molar-refractivity contribution is -0.132. The highest BCUT2D eigenvalue weighted by atomic mass is 16.5. The summed E-state index contributed by atoms with van der Waals surface area (Å²) in [7, 11) is 1.79. The van der Waals surface area contributed by atoms with Gasteiger partial charge in [-0.3, -0.25) is 9.78 Å². The van der Waals surface area contributed by atoms with Crippen LogP contribution in [0.1, 0.15) is 5.56 Å². The van der Waals surface area contributed by atoms with Crippen LogP contribution in [0.15, 0.2) is 54.9 Å². The normalized spacial score (nSPS) is 10.1. The molecule has 0 radical (unpaired) electrons. The van der Waals surface area contributed by atoms with Gasteiger partial charge in [0.25, 0.3) is 5.91 Å². The number of para-hydroxylation sites is 1. The van der Waals surface area contributed by atoms with Crippen LogP contribution >= 0.6 is 0 Å². The molecule has 4 nitrogen and oxygen atoms in total. The molecular formula is C16H18N2O2. The Labute approximate surface area is 119 Å². The van der Waals surface area contributed by atoms with Crippen molar-refractivity contribution >= 4 is 5.91 Å². The monoisotopic (exact) mass is 270 g/mol. The van der Waals surface area contributed by atoms with Crippen LogP contribution in [0.4, 0.5) is 0 Å². The maximum absolute atomic E-state index is 11.9. The topological polar surface area (TPSA) is 42.4 Å². The fourth-order valence-corrected chi connectivity index (χ4v) is 1.74. The van der Waals surface area contributed by atoms with Crippen molar-refractivity contribution in [2.24, 2.45) is 0 Å². The average Bonchev–Trinajstić information content (AvgIpc) is 2.52. The zero-order chi connectivity index (χ0) is 14.2. The maximum atomic E-state index is 11.9. The van der Waals surface area contributed by atoms with Gasteiger partial charge in [0.2, 0.25) is 0 Å². The molecule has 1 aromatic carbocycles. The van der Waals surface area contributed by atoms with Gasteiger partial charge in [-0.1, -0.05) is 18.2 Å². The summed E-state index contributed by atoms with van der Waals surface area (Å²) in [6.07, 6.45) is 4.33. The first-order chi connectivity index (χ1) is 9.75. The largest absolute Gasteiger partial charge is 0.484 e. The van der Waals surface area contributed by atoms with E-state index in [4.69, 9.17) is 4.74 Å². The molecule has 2 aromatic rings. The van der Waals surface area contributed by atoms with Gasteiger partial charge in [0, 0.05) is 26.0 Å². The Balaban J connectivity index is 1.75. The van der Waals surface area contributed by atoms with E-state index < -0.39 is 0 Å². The molecule has 0 saturated carbocycles. The van der Waals surface area contributed by atoms with Crippen LogP contribution in [-0.2, 0) is 11.2 Å². The molecular weight excluding hydrogens is 252 g/mol. The summed E-state index contributed by atoms with van der Waals surface area (Å²) >= 11 is 0. The number of pyridine rings is 1. The first-order valence-electron chi connectivity index (χ1n) is 6.56. The van der Waals surface area contributed by atoms with Crippen LogP contribution in [0, 0.1) is 0 Å². The van der Waals surface area contributed by atoms with E-state index in [1.54, 1.807) is 24.3 Å². The second kappa shape index (κ2) is 7.28. The van der Waals surface area contributed by atoms with Gasteiger partial charge in [-0.25, -0.2) is 0 Å². The van der Waals surface area contributed by atoms with Gasteiger partial charge >= 0.3 is 0 Å². The third-order valence-electron chi connectivity index (χ3n) is 3.02. The number of rotatable bonds is 6. The number of carbonyl (C=O) groups is 1. The van der Waals surface area contributed by atoms with Gasteiger partial charge in [0.1, 0.15) is 5.75 Å². The van der Waals surface area contributed by atoms with Gasteiger partial charge < -0.3 is 9.64 Å². The molecule has 0 atom stereocenters. The number of benzene rings is 1. The standard InChI is InChI=1S/C16H18N2O2/c1-18(12-9-14-7-10-17-11-8-14)16(19)13-20-15-5-3-2-4-6-15/h2-8,10-11H,9,12-13H2,1H3. The number of amides is 1. The highest BCUT2D eigenvalue weighted by molar-refractivity contribution is 5.77. The Hall–Kier alpha value is -2.36. The Morgan fingerprint density at radius 3 is 2.55 bits per heavy atom. The van der Waals surface area contributed by atoms with E-state index in [0.29, 0.717) is 12.3 Å². The van der Waals surface area contributed by atoms with Crippen LogP contribution < -0.4 is 4.74 Å². The van der Waals surface area contributed by atoms with E-state index in [2.05, 4.69) is 4.98 Å². The molecule has 0 saturated heterocycles. The number of ether oxygens (including phenoxy) is 1. The van der Waals surface area contributed by atoms with E-state index in [1.165, 1.54) is 5.56 Å². The Morgan fingerprint density at radius 2 is 1.85 bits per heavy atom. The molecule has 0 aliphatic carbocycles. The fourth-order valence-electron chi connectivity index (χ4n) is 1.74. The quantitative estimate of drug-likeness (QED) is 0.808. The smallest absolute Gasteiger partial charge is 0.260 e. The number of carbonyl (C=O) groups excluding carboxylic acids is 1. The molecule has 0 spiro atoms. The molecule has 1 aromatic heterocycles. The molecule has 0 unspecified atom stereocenters. The molecule has 0 N–H and O–H groups in total. The zero-order valence-corrected chi connectivity index (χ0v) is 11.5. The summed E-state index contributed by atoms with van der Waals surface area (Å²) in [4.78, 5) is 17.6. The number of likely N-dealkylation sites (N-methyl/N-ethyl adjacent to an activating group) is 1. The van der Waals surface area contributed by atoms with Crippen molar-refractivity contribution in [1.29, 1.82) is 0 Å². The van der Waals surface area contributed by atoms with Gasteiger partial charge in [-0.15, -0.1) is 0 Å². The zero-order valence-electron chi connectivity index (χ0n) is 11.5. The highest BCUT2D eigenvalue weighted by Crippen LogP contribution is 2.08. The molecule has 0 bridgehead atoms. The van der Waals surface area contributed by atoms with E-state index in [1.807, 2.05) is 42.5 Å². The average molecular weight is 270 g/mol. The first kappa shape index (κ1) is 14.1. The SMILES string of the molecule is CN(CCc1ccncc1)C(=O)COc1ccccc1. The van der Waals surface area contributed by atoms with Gasteiger partial charge in [0.15, 0.2) is 6.61 Å². The molecule has 4 heteroatoms. The Kier molecular flexibility index (Phi) is 5.12. The van der Waals surface area contributed by atoms with Crippen molar-refractivity contribution in [2.75, 3.05) is 20.2 Å². The van der Waals surface area contributed by atoms with Gasteiger partial charge in [0.05, 0.1) is 0 Å². The molecule has 1 amide bonds. The van der Waals surface area contributed by atoms with E-state index in [9.17, 15) is 4.79 Å². The van der Waals surface area contributed by atoms with Crippen molar-refractivity contribution in [1.82, 2.24) is 9.88 Å². The molecule has 20 heavy (non-hydrogen) atoms. The summed E-state index contributed by atoms with van der Waals surface area (Å²) in [5.41, 5.74) is 1.17. The minimum atomic E-state index is -0.0251. The third kappa shape index (κ3) is 4.39. The molecule has 0 fully saturated rings. The summed E-state index contributed by atoms with van der Waals surface area (Å²) in [5.74, 6) is 0.686. The second-order valence-electron chi connectivity index (χ2n) is 4.52. The van der Waals surface area contributed by atoms with Gasteiger partial charge in [-0.2, -0.15) is 0 Å². The fraction of sp³-hybridized carbons (Fsp3) is 0.250. The molecule has 0 aliphatic heterocycles. The lowest BCUT2D eigenvalue weighted by atomic mass is 10.2. The summed E-state index contributed by atoms with van der Waals surface area (Å²) < 4.78 is 5.44. The molecule has 1 heterocycles. The number of hydrogen-bond acceptors (Lipinski definition) is 3. The minimum absolute atomic E-state index is 0.0251. The highest BCUT2D eigenvalue weighted by Gasteiger charge is 2.09. The third-order valence-corrected chi connectivity index (χ3v) is 3.02. The Bertz CT molecular complexity index is 529. The van der Waals surface area contributed by atoms with Gasteiger partial charge in [-0.05, 0) is 36.2 Å². The molecule has 0 aliphatic rings. The van der Waals surface area contributed by atoms with Crippen LogP contribution in [0.25, 0.3) is 0 Å². The number of hydrogen-bond donors (Lipinski definition) is 0. The van der Waals surface area contributed by atoms with E-state index in [-0.39, 0.29) is 12.5 Å². The molecule has 104 valence electrons. The van der Waals surface area contributed by atoms with Crippen LogP contribution in [0.5, 0.6) is 5.75 Å². The van der Waals surface area contributed by atoms with Crippen molar-refractivity contribution in [2.45, 2.75) is 6.42 Å². The number of nitrogens with zero attached hydrogens (tertiary/aromatic N) is 2. The predicted octanol–water partition coefficient (Wildman–Crippen LogP) is 2.16. The summed E-state index contributed by atoms with van der Waals surface area (Å²) in [5, 5.41) is 0. The van der Waals surface area contributed by atoms with E-state index in [0.717, 1.165) is 6.42 Å².